The van der Waals surface area contributed by atoms with Gasteiger partial charge in [0.1, 0.15) is 5.75 Å². The zero-order chi connectivity index (χ0) is 14.5. The van der Waals surface area contributed by atoms with Gasteiger partial charge in [0.05, 0.1) is 19.0 Å². The van der Waals surface area contributed by atoms with Gasteiger partial charge in [0.2, 0.25) is 0 Å². The van der Waals surface area contributed by atoms with Gasteiger partial charge in [0.25, 0.3) is 0 Å². The number of likely N-dealkylation sites (N-methyl/N-ethyl adjacent to an activating group) is 2. The predicted molar refractivity (Wildman–Crippen MR) is 77.4 cm³/mol. The number of rotatable bonds is 1. The summed E-state index contributed by atoms with van der Waals surface area (Å²) in [6, 6.07) is 5.95. The molecule has 1 unspecified atom stereocenters. The van der Waals surface area contributed by atoms with E-state index in [9.17, 15) is 4.79 Å². The van der Waals surface area contributed by atoms with Gasteiger partial charge in [0.15, 0.2) is 6.17 Å². The number of likely N-dealkylation sites (tertiary alicyclic amines) is 1. The van der Waals surface area contributed by atoms with Gasteiger partial charge in [-0.2, -0.15) is 0 Å². The maximum Gasteiger partial charge on any atom is 0.412 e. The summed E-state index contributed by atoms with van der Waals surface area (Å²) in [6.07, 6.45) is 1.20. The monoisotopic (exact) mass is 276 g/mol. The number of hydrogen-bond donors (Lipinski definition) is 2. The lowest BCUT2D eigenvalue weighted by atomic mass is 9.81. The van der Waals surface area contributed by atoms with Gasteiger partial charge in [-0.3, -0.25) is 0 Å². The minimum Gasteiger partial charge on any atom is -0.410 e. The molecular formula is C15H22N3O2+. The van der Waals surface area contributed by atoms with E-state index in [0.29, 0.717) is 11.9 Å². The number of hydrogen-bond acceptors (Lipinski definition) is 3. The normalized spacial score (nSPS) is 30.9. The number of amides is 1. The van der Waals surface area contributed by atoms with E-state index in [1.54, 1.807) is 11.9 Å². The first kappa shape index (κ1) is 13.2. The van der Waals surface area contributed by atoms with E-state index in [-0.39, 0.29) is 5.41 Å². The molecule has 5 nitrogen and oxygen atoms in total. The lowest BCUT2D eigenvalue weighted by Crippen LogP contribution is -3.13. The summed E-state index contributed by atoms with van der Waals surface area (Å²) >= 11 is 0. The summed E-state index contributed by atoms with van der Waals surface area (Å²) in [4.78, 5) is 15.3. The number of carbonyl (C=O) groups is 1. The number of fused-ring (bicyclic) bond motifs is 3. The van der Waals surface area contributed by atoms with Crippen molar-refractivity contribution >= 4 is 11.8 Å². The zero-order valence-corrected chi connectivity index (χ0v) is 12.5. The van der Waals surface area contributed by atoms with Crippen LogP contribution < -0.4 is 19.9 Å². The largest absolute Gasteiger partial charge is 0.412 e. The van der Waals surface area contributed by atoms with E-state index in [1.807, 2.05) is 12.1 Å². The fraction of sp³-hybridized carbons (Fsp3) is 0.533. The SMILES string of the molecule is CNC(=O)Oc1ccc2c(c1)[C@@]1(C)CC[NH+](C)[C@@H]1N2C. The molecule has 2 heterocycles. The smallest absolute Gasteiger partial charge is 0.410 e. The third-order valence-corrected chi connectivity index (χ3v) is 4.87. The van der Waals surface area contributed by atoms with Crippen LogP contribution in [0.15, 0.2) is 18.2 Å². The van der Waals surface area contributed by atoms with E-state index >= 15 is 0 Å². The summed E-state index contributed by atoms with van der Waals surface area (Å²) in [7, 11) is 5.97. The molecule has 2 aliphatic heterocycles. The van der Waals surface area contributed by atoms with Crippen molar-refractivity contribution in [1.29, 1.82) is 0 Å². The second kappa shape index (κ2) is 4.38. The molecule has 0 aromatic heterocycles. The van der Waals surface area contributed by atoms with Gasteiger partial charge < -0.3 is 19.9 Å². The molecule has 0 aliphatic carbocycles. The Balaban J connectivity index is 2.00. The molecule has 0 bridgehead atoms. The van der Waals surface area contributed by atoms with Crippen LogP contribution in [-0.2, 0) is 5.41 Å². The third kappa shape index (κ3) is 1.69. The Kier molecular flexibility index (Phi) is 2.90. The molecule has 0 radical (unpaired) electrons. The van der Waals surface area contributed by atoms with E-state index in [0.717, 1.165) is 6.42 Å². The van der Waals surface area contributed by atoms with E-state index in [2.05, 4.69) is 37.3 Å². The Bertz CT molecular complexity index is 560. The highest BCUT2D eigenvalue weighted by Crippen LogP contribution is 2.47. The molecule has 3 rings (SSSR count). The van der Waals surface area contributed by atoms with Crippen LogP contribution in [0.2, 0.25) is 0 Å². The van der Waals surface area contributed by atoms with Crippen LogP contribution >= 0.6 is 0 Å². The second-order valence-electron chi connectivity index (χ2n) is 6.10. The first-order valence-electron chi connectivity index (χ1n) is 7.06. The van der Waals surface area contributed by atoms with Crippen molar-refractivity contribution in [1.82, 2.24) is 5.32 Å². The van der Waals surface area contributed by atoms with Crippen LogP contribution in [0.3, 0.4) is 0 Å². The first-order valence-corrected chi connectivity index (χ1v) is 7.06. The molecule has 1 amide bonds. The molecule has 2 N–H and O–H groups in total. The maximum atomic E-state index is 11.4. The van der Waals surface area contributed by atoms with E-state index in [4.69, 9.17) is 4.74 Å². The van der Waals surface area contributed by atoms with E-state index in [1.165, 1.54) is 17.8 Å². The molecule has 1 fully saturated rings. The van der Waals surface area contributed by atoms with Crippen molar-refractivity contribution in [2.24, 2.45) is 0 Å². The molecule has 1 aromatic rings. The Morgan fingerprint density at radius 3 is 3.00 bits per heavy atom. The third-order valence-electron chi connectivity index (χ3n) is 4.87. The van der Waals surface area contributed by atoms with Crippen molar-refractivity contribution in [3.8, 4) is 5.75 Å². The van der Waals surface area contributed by atoms with Crippen molar-refractivity contribution < 1.29 is 14.4 Å². The summed E-state index contributed by atoms with van der Waals surface area (Å²) in [5, 5.41) is 2.48. The zero-order valence-electron chi connectivity index (χ0n) is 12.5. The van der Waals surface area contributed by atoms with Crippen LogP contribution in [0.25, 0.3) is 0 Å². The number of ether oxygens (including phenoxy) is 1. The van der Waals surface area contributed by atoms with E-state index < -0.39 is 6.09 Å². The molecule has 108 valence electrons. The number of benzene rings is 1. The van der Waals surface area contributed by atoms with Gasteiger partial charge in [-0.05, 0) is 30.7 Å². The minimum atomic E-state index is -0.424. The highest BCUT2D eigenvalue weighted by Gasteiger charge is 2.55. The fourth-order valence-electron chi connectivity index (χ4n) is 3.95. The van der Waals surface area contributed by atoms with Crippen molar-refractivity contribution in [3.05, 3.63) is 23.8 Å². The minimum absolute atomic E-state index is 0.135. The van der Waals surface area contributed by atoms with Crippen LogP contribution in [-0.4, -0.2) is 39.9 Å². The lowest BCUT2D eigenvalue weighted by Gasteiger charge is -2.28. The van der Waals surface area contributed by atoms with Gasteiger partial charge in [-0.1, -0.05) is 0 Å². The van der Waals surface area contributed by atoms with Gasteiger partial charge in [-0.15, -0.1) is 0 Å². The average molecular weight is 276 g/mol. The number of nitrogens with zero attached hydrogens (tertiary/aromatic N) is 1. The Hall–Kier alpha value is -1.75. The molecule has 5 heteroatoms. The summed E-state index contributed by atoms with van der Waals surface area (Å²) in [5.41, 5.74) is 2.68. The lowest BCUT2D eigenvalue weighted by molar-refractivity contribution is -0.893. The van der Waals surface area contributed by atoms with Crippen molar-refractivity contribution in [3.63, 3.8) is 0 Å². The van der Waals surface area contributed by atoms with Crippen molar-refractivity contribution in [2.45, 2.75) is 24.9 Å². The summed E-state index contributed by atoms with van der Waals surface area (Å²) in [6.45, 7) is 3.49. The molecule has 1 saturated heterocycles. The second-order valence-corrected chi connectivity index (χ2v) is 6.10. The number of quaternary nitrogens is 1. The molecule has 3 atom stereocenters. The van der Waals surface area contributed by atoms with Crippen LogP contribution in [0.1, 0.15) is 18.9 Å². The topological polar surface area (TPSA) is 46.0 Å². The summed E-state index contributed by atoms with van der Waals surface area (Å²) in [5.74, 6) is 0.614. The molecular weight excluding hydrogens is 254 g/mol. The number of anilines is 1. The standard InChI is InChI=1S/C15H21N3O2/c1-15-7-8-17(3)13(15)18(4)12-6-5-10(9-11(12)15)20-14(19)16-2/h5-6,9,13H,7-8H2,1-4H3,(H,16,19)/p+1/t13-,15-/m1/s1. The Morgan fingerprint density at radius 2 is 2.30 bits per heavy atom. The van der Waals surface area contributed by atoms with Crippen LogP contribution in [0, 0.1) is 0 Å². The average Bonchev–Trinajstić information content (AvgIpc) is 2.85. The fourth-order valence-corrected chi connectivity index (χ4v) is 3.95. The van der Waals surface area contributed by atoms with Crippen LogP contribution in [0.5, 0.6) is 5.75 Å². The quantitative estimate of drug-likeness (QED) is 0.778. The molecule has 0 spiro atoms. The molecule has 1 aromatic carbocycles. The van der Waals surface area contributed by atoms with Gasteiger partial charge in [-0.25, -0.2) is 4.79 Å². The maximum absolute atomic E-state index is 11.4. The first-order chi connectivity index (χ1) is 9.47. The molecule has 2 aliphatic rings. The van der Waals surface area contributed by atoms with Crippen molar-refractivity contribution in [2.75, 3.05) is 32.6 Å². The number of nitrogens with one attached hydrogen (secondary N) is 2. The number of carbonyl (C=O) groups excluding carboxylic acids is 1. The highest BCUT2D eigenvalue weighted by molar-refractivity contribution is 5.71. The Labute approximate surface area is 119 Å². The highest BCUT2D eigenvalue weighted by atomic mass is 16.5. The summed E-state index contributed by atoms with van der Waals surface area (Å²) < 4.78 is 5.27. The van der Waals surface area contributed by atoms with Crippen LogP contribution in [0.4, 0.5) is 10.5 Å². The molecule has 0 saturated carbocycles. The van der Waals surface area contributed by atoms with Gasteiger partial charge >= 0.3 is 6.09 Å². The predicted octanol–water partition coefficient (Wildman–Crippen LogP) is 0.357. The molecule has 20 heavy (non-hydrogen) atoms. The Morgan fingerprint density at radius 1 is 1.55 bits per heavy atom. The van der Waals surface area contributed by atoms with Gasteiger partial charge in [0, 0.05) is 26.2 Å².